The first-order valence-corrected chi connectivity index (χ1v) is 6.16. The van der Waals surface area contributed by atoms with Gasteiger partial charge >= 0.3 is 0 Å². The van der Waals surface area contributed by atoms with Gasteiger partial charge in [0, 0.05) is 18.0 Å². The highest BCUT2D eigenvalue weighted by atomic mass is 16.5. The van der Waals surface area contributed by atoms with Crippen molar-refractivity contribution in [1.82, 2.24) is 0 Å². The van der Waals surface area contributed by atoms with E-state index < -0.39 is 6.10 Å². The van der Waals surface area contributed by atoms with Crippen LogP contribution in [0.5, 0.6) is 5.75 Å². The number of ether oxygens (including phenoxy) is 1. The molecule has 0 radical (unpaired) electrons. The van der Waals surface area contributed by atoms with Crippen molar-refractivity contribution in [3.63, 3.8) is 0 Å². The number of aryl methyl sites for hydroxylation is 1. The molecular formula is C14H23NO2. The monoisotopic (exact) mass is 237 g/mol. The van der Waals surface area contributed by atoms with Gasteiger partial charge in [-0.2, -0.15) is 0 Å². The van der Waals surface area contributed by atoms with Crippen LogP contribution >= 0.6 is 0 Å². The molecule has 2 unspecified atom stereocenters. The third-order valence-corrected chi connectivity index (χ3v) is 3.09. The predicted octanol–water partition coefficient (Wildman–Crippen LogP) is 2.21. The molecule has 0 aliphatic heterocycles. The van der Waals surface area contributed by atoms with Gasteiger partial charge in [0.1, 0.15) is 5.75 Å². The summed E-state index contributed by atoms with van der Waals surface area (Å²) in [5.41, 5.74) is 7.96. The van der Waals surface area contributed by atoms with Gasteiger partial charge in [0.05, 0.1) is 13.2 Å². The van der Waals surface area contributed by atoms with Crippen molar-refractivity contribution in [2.24, 2.45) is 5.73 Å². The van der Waals surface area contributed by atoms with Gasteiger partial charge in [-0.05, 0) is 19.4 Å². The van der Waals surface area contributed by atoms with Crippen LogP contribution in [0.4, 0.5) is 0 Å². The highest BCUT2D eigenvalue weighted by molar-refractivity contribution is 5.40. The maximum absolute atomic E-state index is 10.1. The fraction of sp³-hybridized carbons (Fsp3) is 0.571. The van der Waals surface area contributed by atoms with Crippen molar-refractivity contribution in [2.75, 3.05) is 13.7 Å². The molecule has 0 saturated carbocycles. The number of methoxy groups -OCH3 is 1. The summed E-state index contributed by atoms with van der Waals surface area (Å²) in [5, 5.41) is 10.1. The lowest BCUT2D eigenvalue weighted by Gasteiger charge is -2.23. The molecule has 0 bridgehead atoms. The summed E-state index contributed by atoms with van der Waals surface area (Å²) in [7, 11) is 1.65. The summed E-state index contributed by atoms with van der Waals surface area (Å²) in [5.74, 6) is 0.756. The highest BCUT2D eigenvalue weighted by Gasteiger charge is 2.22. The summed E-state index contributed by atoms with van der Waals surface area (Å²) in [4.78, 5) is 0. The molecule has 1 rings (SSSR count). The minimum atomic E-state index is -0.402. The summed E-state index contributed by atoms with van der Waals surface area (Å²) < 4.78 is 5.34. The standard InChI is InChI=1S/C14H23NO2/c1-4-5-13(16)12(9-15)11-8-10(2)6-7-14(11)17-3/h6-8,12-13,16H,4-5,9,15H2,1-3H3. The first kappa shape index (κ1) is 14.0. The highest BCUT2D eigenvalue weighted by Crippen LogP contribution is 2.30. The minimum absolute atomic E-state index is 0.0511. The number of hydrogen-bond donors (Lipinski definition) is 2. The molecule has 3 N–H and O–H groups in total. The largest absolute Gasteiger partial charge is 0.496 e. The molecule has 0 aliphatic carbocycles. The molecule has 0 saturated heterocycles. The Balaban J connectivity index is 3.05. The Morgan fingerprint density at radius 3 is 2.65 bits per heavy atom. The molecular weight excluding hydrogens is 214 g/mol. The Morgan fingerprint density at radius 2 is 2.12 bits per heavy atom. The third kappa shape index (κ3) is 3.45. The Labute approximate surface area is 104 Å². The number of aliphatic hydroxyl groups excluding tert-OH is 1. The number of aliphatic hydroxyl groups is 1. The average molecular weight is 237 g/mol. The maximum atomic E-state index is 10.1. The molecule has 3 nitrogen and oxygen atoms in total. The Kier molecular flexibility index (Phi) is 5.45. The zero-order chi connectivity index (χ0) is 12.8. The van der Waals surface area contributed by atoms with Crippen molar-refractivity contribution in [3.05, 3.63) is 29.3 Å². The van der Waals surface area contributed by atoms with Crippen LogP contribution in [0, 0.1) is 6.92 Å². The van der Waals surface area contributed by atoms with E-state index in [-0.39, 0.29) is 5.92 Å². The Bertz CT molecular complexity index is 352. The van der Waals surface area contributed by atoms with Gasteiger partial charge in [0.15, 0.2) is 0 Å². The van der Waals surface area contributed by atoms with Crippen LogP contribution in [0.1, 0.15) is 36.8 Å². The normalized spacial score (nSPS) is 14.4. The number of benzene rings is 1. The first-order chi connectivity index (χ1) is 8.13. The summed E-state index contributed by atoms with van der Waals surface area (Å²) in [6, 6.07) is 5.99. The number of hydrogen-bond acceptors (Lipinski definition) is 3. The summed E-state index contributed by atoms with van der Waals surface area (Å²) >= 11 is 0. The van der Waals surface area contributed by atoms with Crippen LogP contribution in [-0.4, -0.2) is 24.9 Å². The smallest absolute Gasteiger partial charge is 0.122 e. The number of rotatable bonds is 6. The van der Waals surface area contributed by atoms with Gasteiger partial charge in [-0.25, -0.2) is 0 Å². The second-order valence-corrected chi connectivity index (χ2v) is 4.44. The molecule has 1 aromatic carbocycles. The fourth-order valence-corrected chi connectivity index (χ4v) is 2.13. The van der Waals surface area contributed by atoms with E-state index in [0.29, 0.717) is 6.54 Å². The second kappa shape index (κ2) is 6.62. The molecule has 17 heavy (non-hydrogen) atoms. The number of nitrogens with two attached hydrogens (primary N) is 1. The molecule has 3 heteroatoms. The van der Waals surface area contributed by atoms with Crippen LogP contribution in [0.25, 0.3) is 0 Å². The lowest BCUT2D eigenvalue weighted by atomic mass is 9.89. The van der Waals surface area contributed by atoms with Crippen LogP contribution < -0.4 is 10.5 Å². The average Bonchev–Trinajstić information content (AvgIpc) is 2.31. The van der Waals surface area contributed by atoms with E-state index in [4.69, 9.17) is 10.5 Å². The van der Waals surface area contributed by atoms with Crippen LogP contribution in [0.15, 0.2) is 18.2 Å². The van der Waals surface area contributed by atoms with Gasteiger partial charge in [-0.1, -0.05) is 31.0 Å². The van der Waals surface area contributed by atoms with E-state index >= 15 is 0 Å². The van der Waals surface area contributed by atoms with Gasteiger partial charge < -0.3 is 15.6 Å². The molecule has 0 fully saturated rings. The molecule has 1 aromatic rings. The molecule has 2 atom stereocenters. The fourth-order valence-electron chi connectivity index (χ4n) is 2.13. The zero-order valence-electron chi connectivity index (χ0n) is 10.9. The van der Waals surface area contributed by atoms with E-state index in [1.165, 1.54) is 0 Å². The first-order valence-electron chi connectivity index (χ1n) is 6.16. The summed E-state index contributed by atoms with van der Waals surface area (Å²) in [6.07, 6.45) is 1.31. The minimum Gasteiger partial charge on any atom is -0.496 e. The molecule has 0 aromatic heterocycles. The van der Waals surface area contributed by atoms with E-state index in [9.17, 15) is 5.11 Å². The van der Waals surface area contributed by atoms with Crippen molar-refractivity contribution >= 4 is 0 Å². The lowest BCUT2D eigenvalue weighted by molar-refractivity contribution is 0.133. The zero-order valence-corrected chi connectivity index (χ0v) is 10.9. The Hall–Kier alpha value is -1.06. The Morgan fingerprint density at radius 1 is 1.41 bits per heavy atom. The van der Waals surface area contributed by atoms with Crippen LogP contribution in [-0.2, 0) is 0 Å². The van der Waals surface area contributed by atoms with E-state index in [1.54, 1.807) is 7.11 Å². The van der Waals surface area contributed by atoms with Crippen molar-refractivity contribution < 1.29 is 9.84 Å². The predicted molar refractivity (Wildman–Crippen MR) is 70.4 cm³/mol. The SMILES string of the molecule is CCCC(O)C(CN)c1cc(C)ccc1OC. The topological polar surface area (TPSA) is 55.5 Å². The van der Waals surface area contributed by atoms with E-state index in [2.05, 4.69) is 13.0 Å². The van der Waals surface area contributed by atoms with Gasteiger partial charge in [0.2, 0.25) is 0 Å². The molecule has 0 heterocycles. The van der Waals surface area contributed by atoms with Crippen molar-refractivity contribution in [1.29, 1.82) is 0 Å². The second-order valence-electron chi connectivity index (χ2n) is 4.44. The lowest BCUT2D eigenvalue weighted by Crippen LogP contribution is -2.26. The van der Waals surface area contributed by atoms with Gasteiger partial charge in [-0.15, -0.1) is 0 Å². The van der Waals surface area contributed by atoms with Gasteiger partial charge in [-0.3, -0.25) is 0 Å². The molecule has 0 spiro atoms. The molecule has 0 amide bonds. The van der Waals surface area contributed by atoms with E-state index in [0.717, 1.165) is 29.7 Å². The van der Waals surface area contributed by atoms with Crippen LogP contribution in [0.3, 0.4) is 0 Å². The van der Waals surface area contributed by atoms with Gasteiger partial charge in [0.25, 0.3) is 0 Å². The molecule has 96 valence electrons. The summed E-state index contributed by atoms with van der Waals surface area (Å²) in [6.45, 7) is 4.52. The van der Waals surface area contributed by atoms with Crippen molar-refractivity contribution in [3.8, 4) is 5.75 Å². The van der Waals surface area contributed by atoms with Crippen molar-refractivity contribution in [2.45, 2.75) is 38.7 Å². The van der Waals surface area contributed by atoms with Crippen LogP contribution in [0.2, 0.25) is 0 Å². The van der Waals surface area contributed by atoms with E-state index in [1.807, 2.05) is 19.1 Å². The maximum Gasteiger partial charge on any atom is 0.122 e. The third-order valence-electron chi connectivity index (χ3n) is 3.09. The molecule has 0 aliphatic rings. The quantitative estimate of drug-likeness (QED) is 0.797.